The molecule has 5 heteroatoms. The number of nitrogens with zero attached hydrogens (tertiary/aromatic N) is 1. The largest absolute Gasteiger partial charge is 0.491 e. The molecule has 0 saturated carbocycles. The molecule has 0 aliphatic carbocycles. The first-order valence-electron chi connectivity index (χ1n) is 5.47. The number of pyridine rings is 1. The van der Waals surface area contributed by atoms with Gasteiger partial charge in [0.25, 0.3) is 0 Å². The van der Waals surface area contributed by atoms with Crippen molar-refractivity contribution in [2.24, 2.45) is 0 Å². The van der Waals surface area contributed by atoms with Crippen molar-refractivity contribution in [3.63, 3.8) is 0 Å². The number of benzene rings is 1. The second-order valence-corrected chi connectivity index (χ2v) is 4.51. The summed E-state index contributed by atoms with van der Waals surface area (Å²) in [7, 11) is 0. The molecular formula is C13H12ClNO3. The fourth-order valence-corrected chi connectivity index (χ4v) is 1.91. The van der Waals surface area contributed by atoms with E-state index >= 15 is 0 Å². The van der Waals surface area contributed by atoms with Crippen LogP contribution < -0.4 is 4.74 Å². The van der Waals surface area contributed by atoms with Crippen molar-refractivity contribution in [1.29, 1.82) is 0 Å². The third-order valence-corrected chi connectivity index (χ3v) is 2.78. The number of rotatable bonds is 3. The zero-order valence-electron chi connectivity index (χ0n) is 9.98. The van der Waals surface area contributed by atoms with Gasteiger partial charge in [0.15, 0.2) is 0 Å². The lowest BCUT2D eigenvalue weighted by Crippen LogP contribution is -2.05. The first kappa shape index (κ1) is 12.6. The van der Waals surface area contributed by atoms with Crippen molar-refractivity contribution < 1.29 is 14.6 Å². The van der Waals surface area contributed by atoms with E-state index in [0.29, 0.717) is 16.7 Å². The van der Waals surface area contributed by atoms with Crippen molar-refractivity contribution in [3.8, 4) is 5.75 Å². The van der Waals surface area contributed by atoms with Crippen LogP contribution >= 0.6 is 11.6 Å². The molecule has 1 aromatic heterocycles. The van der Waals surface area contributed by atoms with E-state index < -0.39 is 5.97 Å². The van der Waals surface area contributed by atoms with Crippen LogP contribution in [0.5, 0.6) is 5.75 Å². The van der Waals surface area contributed by atoms with Crippen LogP contribution in [0.25, 0.3) is 10.9 Å². The number of hydrogen-bond donors (Lipinski definition) is 1. The molecule has 0 fully saturated rings. The van der Waals surface area contributed by atoms with Gasteiger partial charge in [-0.25, -0.2) is 4.79 Å². The number of aromatic nitrogens is 1. The highest BCUT2D eigenvalue weighted by molar-refractivity contribution is 6.38. The molecule has 2 rings (SSSR count). The summed E-state index contributed by atoms with van der Waals surface area (Å²) < 4.78 is 5.54. The van der Waals surface area contributed by atoms with Crippen LogP contribution in [0.15, 0.2) is 24.4 Å². The van der Waals surface area contributed by atoms with Gasteiger partial charge in [-0.3, -0.25) is 4.98 Å². The molecule has 0 saturated heterocycles. The third kappa shape index (κ3) is 2.38. The molecule has 94 valence electrons. The van der Waals surface area contributed by atoms with Crippen molar-refractivity contribution in [2.75, 3.05) is 0 Å². The van der Waals surface area contributed by atoms with Crippen molar-refractivity contribution in [3.05, 3.63) is 35.0 Å². The quantitative estimate of drug-likeness (QED) is 0.924. The molecule has 1 N–H and O–H groups in total. The lowest BCUT2D eigenvalue weighted by molar-refractivity contribution is 0.0697. The van der Waals surface area contributed by atoms with Gasteiger partial charge in [0.1, 0.15) is 5.75 Å². The smallest absolute Gasteiger partial charge is 0.338 e. The molecule has 4 nitrogen and oxygen atoms in total. The number of carbonyl (C=O) groups is 1. The number of fused-ring (bicyclic) bond motifs is 1. The topological polar surface area (TPSA) is 59.4 Å². The maximum atomic E-state index is 11.0. The van der Waals surface area contributed by atoms with Crippen molar-refractivity contribution >= 4 is 28.5 Å². The minimum Gasteiger partial charge on any atom is -0.491 e. The third-order valence-electron chi connectivity index (χ3n) is 2.38. The monoisotopic (exact) mass is 265 g/mol. The summed E-state index contributed by atoms with van der Waals surface area (Å²) in [5.74, 6) is -0.451. The van der Waals surface area contributed by atoms with E-state index in [2.05, 4.69) is 4.98 Å². The van der Waals surface area contributed by atoms with Crippen LogP contribution in [0.1, 0.15) is 24.2 Å². The van der Waals surface area contributed by atoms with Crippen LogP contribution in [-0.4, -0.2) is 22.2 Å². The molecule has 0 amide bonds. The summed E-state index contributed by atoms with van der Waals surface area (Å²) in [6.07, 6.45) is 1.30. The predicted octanol–water partition coefficient (Wildman–Crippen LogP) is 3.37. The van der Waals surface area contributed by atoms with Gasteiger partial charge < -0.3 is 9.84 Å². The average Bonchev–Trinajstić information content (AvgIpc) is 2.29. The number of carboxylic acid groups (broad SMARTS) is 1. The fraction of sp³-hybridized carbons (Fsp3) is 0.231. The summed E-state index contributed by atoms with van der Waals surface area (Å²) in [4.78, 5) is 15.0. The minimum atomic E-state index is -1.09. The number of hydrogen-bond acceptors (Lipinski definition) is 3. The van der Waals surface area contributed by atoms with E-state index in [0.717, 1.165) is 0 Å². The predicted molar refractivity (Wildman–Crippen MR) is 69.5 cm³/mol. The van der Waals surface area contributed by atoms with Crippen LogP contribution in [0.4, 0.5) is 0 Å². The Balaban J connectivity index is 2.59. The Morgan fingerprint density at radius 2 is 2.17 bits per heavy atom. The molecule has 0 radical (unpaired) electrons. The normalized spacial score (nSPS) is 10.9. The van der Waals surface area contributed by atoms with E-state index in [1.54, 1.807) is 18.2 Å². The maximum Gasteiger partial charge on any atom is 0.338 e. The molecule has 0 aliphatic heterocycles. The van der Waals surface area contributed by atoms with Crippen molar-refractivity contribution in [1.82, 2.24) is 4.98 Å². The van der Waals surface area contributed by atoms with Gasteiger partial charge in [0, 0.05) is 11.6 Å². The van der Waals surface area contributed by atoms with E-state index in [-0.39, 0.29) is 16.7 Å². The summed E-state index contributed by atoms with van der Waals surface area (Å²) in [5, 5.41) is 9.74. The summed E-state index contributed by atoms with van der Waals surface area (Å²) in [6, 6.07) is 5.24. The Hall–Kier alpha value is -1.81. The summed E-state index contributed by atoms with van der Waals surface area (Å²) in [6.45, 7) is 3.83. The second kappa shape index (κ2) is 4.82. The molecule has 1 aromatic carbocycles. The van der Waals surface area contributed by atoms with Gasteiger partial charge >= 0.3 is 5.97 Å². The molecule has 1 heterocycles. The molecule has 0 aliphatic rings. The number of halogens is 1. The van der Waals surface area contributed by atoms with Gasteiger partial charge in [-0.15, -0.1) is 0 Å². The zero-order valence-corrected chi connectivity index (χ0v) is 10.7. The highest BCUT2D eigenvalue weighted by Gasteiger charge is 2.13. The highest BCUT2D eigenvalue weighted by atomic mass is 35.5. The van der Waals surface area contributed by atoms with Gasteiger partial charge in [-0.1, -0.05) is 11.6 Å². The van der Waals surface area contributed by atoms with Crippen LogP contribution in [0.3, 0.4) is 0 Å². The Morgan fingerprint density at radius 3 is 2.78 bits per heavy atom. The number of carboxylic acids is 1. The molecule has 18 heavy (non-hydrogen) atoms. The minimum absolute atomic E-state index is 0.00846. The number of aromatic carboxylic acids is 1. The summed E-state index contributed by atoms with van der Waals surface area (Å²) >= 11 is 6.07. The Bertz CT molecular complexity index is 610. The standard InChI is InChI=1S/C13H12ClNO3/c1-7(2)18-8-3-4-11-9(5-8)12(14)10(6-15-11)13(16)17/h3-7H,1-2H3,(H,16,17). The lowest BCUT2D eigenvalue weighted by atomic mass is 10.1. The molecule has 0 bridgehead atoms. The second-order valence-electron chi connectivity index (χ2n) is 4.14. The molecule has 2 aromatic rings. The molecule has 0 unspecified atom stereocenters. The molecular weight excluding hydrogens is 254 g/mol. The molecule has 0 atom stereocenters. The van der Waals surface area contributed by atoms with E-state index in [1.807, 2.05) is 13.8 Å². The Labute approximate surface area is 109 Å². The first-order chi connectivity index (χ1) is 8.49. The van der Waals surface area contributed by atoms with Gasteiger partial charge in [-0.05, 0) is 32.0 Å². The average molecular weight is 266 g/mol. The number of ether oxygens (including phenoxy) is 1. The van der Waals surface area contributed by atoms with Gasteiger partial charge in [0.05, 0.1) is 22.2 Å². The van der Waals surface area contributed by atoms with E-state index in [1.165, 1.54) is 6.20 Å². The highest BCUT2D eigenvalue weighted by Crippen LogP contribution is 2.29. The Kier molecular flexibility index (Phi) is 3.39. The summed E-state index contributed by atoms with van der Waals surface area (Å²) in [5.41, 5.74) is 0.631. The van der Waals surface area contributed by atoms with E-state index in [9.17, 15) is 4.79 Å². The van der Waals surface area contributed by atoms with E-state index in [4.69, 9.17) is 21.4 Å². The maximum absolute atomic E-state index is 11.0. The lowest BCUT2D eigenvalue weighted by Gasteiger charge is -2.11. The van der Waals surface area contributed by atoms with Crippen LogP contribution in [-0.2, 0) is 0 Å². The SMILES string of the molecule is CC(C)Oc1ccc2ncc(C(=O)O)c(Cl)c2c1. The zero-order chi connectivity index (χ0) is 13.3. The van der Waals surface area contributed by atoms with Crippen LogP contribution in [0, 0.1) is 0 Å². The first-order valence-corrected chi connectivity index (χ1v) is 5.85. The fourth-order valence-electron chi connectivity index (χ4n) is 1.63. The van der Waals surface area contributed by atoms with Gasteiger partial charge in [0.2, 0.25) is 0 Å². The van der Waals surface area contributed by atoms with Gasteiger partial charge in [-0.2, -0.15) is 0 Å². The molecule has 0 spiro atoms. The van der Waals surface area contributed by atoms with Crippen LogP contribution in [0.2, 0.25) is 5.02 Å². The van der Waals surface area contributed by atoms with Crippen molar-refractivity contribution in [2.45, 2.75) is 20.0 Å². The Morgan fingerprint density at radius 1 is 1.44 bits per heavy atom.